The second-order valence-electron chi connectivity index (χ2n) is 7.28. The van der Waals surface area contributed by atoms with Crippen molar-refractivity contribution in [2.75, 3.05) is 32.9 Å². The third-order valence-electron chi connectivity index (χ3n) is 5.45. The molecule has 23 heavy (non-hydrogen) atoms. The minimum absolute atomic E-state index is 0.00168. The quantitative estimate of drug-likeness (QED) is 0.829. The number of carbonyl (C=O) groups is 1. The first kappa shape index (κ1) is 15.6. The van der Waals surface area contributed by atoms with Gasteiger partial charge in [0, 0.05) is 31.7 Å². The summed E-state index contributed by atoms with van der Waals surface area (Å²) in [5.41, 5.74) is -0.00168. The minimum atomic E-state index is -0.00168. The third-order valence-corrected chi connectivity index (χ3v) is 6.31. The Balaban J connectivity index is 1.46. The van der Waals surface area contributed by atoms with Crippen molar-refractivity contribution in [3.8, 4) is 0 Å². The van der Waals surface area contributed by atoms with E-state index in [0.717, 1.165) is 63.0 Å². The van der Waals surface area contributed by atoms with Gasteiger partial charge in [0.2, 0.25) is 0 Å². The summed E-state index contributed by atoms with van der Waals surface area (Å²) in [5.74, 6) is 0.951. The van der Waals surface area contributed by atoms with E-state index in [-0.39, 0.29) is 17.4 Å². The van der Waals surface area contributed by atoms with Crippen molar-refractivity contribution in [2.24, 2.45) is 11.3 Å². The van der Waals surface area contributed by atoms with Crippen molar-refractivity contribution >= 4 is 17.2 Å². The number of likely N-dealkylation sites (tertiary alicyclic amines) is 1. The molecule has 2 aliphatic heterocycles. The zero-order valence-corrected chi connectivity index (χ0v) is 14.4. The van der Waals surface area contributed by atoms with Gasteiger partial charge in [0.1, 0.15) is 0 Å². The number of carbonyl (C=O) groups excluding carboxylic acids is 1. The molecule has 0 unspecified atom stereocenters. The minimum Gasteiger partial charge on any atom is -0.380 e. The van der Waals surface area contributed by atoms with Gasteiger partial charge >= 0.3 is 0 Å². The van der Waals surface area contributed by atoms with E-state index >= 15 is 0 Å². The van der Waals surface area contributed by atoms with Gasteiger partial charge in [-0.3, -0.25) is 4.79 Å². The van der Waals surface area contributed by atoms with Crippen LogP contribution in [-0.2, 0) is 9.47 Å². The van der Waals surface area contributed by atoms with E-state index in [0.29, 0.717) is 0 Å². The molecule has 5 heteroatoms. The maximum absolute atomic E-state index is 12.7. The Morgan fingerprint density at radius 3 is 3.13 bits per heavy atom. The van der Waals surface area contributed by atoms with Gasteiger partial charge in [0.25, 0.3) is 5.91 Å². The molecule has 0 aromatic carbocycles. The average Bonchev–Trinajstić information content (AvgIpc) is 3.24. The molecule has 1 amide bonds. The lowest BCUT2D eigenvalue weighted by Crippen LogP contribution is -2.58. The van der Waals surface area contributed by atoms with Crippen LogP contribution in [0.15, 0.2) is 17.5 Å². The highest BCUT2D eigenvalue weighted by molar-refractivity contribution is 7.12. The summed E-state index contributed by atoms with van der Waals surface area (Å²) in [4.78, 5) is 15.6. The lowest BCUT2D eigenvalue weighted by Gasteiger charge is -2.50. The number of fused-ring (bicyclic) bond motifs is 1. The van der Waals surface area contributed by atoms with E-state index in [9.17, 15) is 4.79 Å². The van der Waals surface area contributed by atoms with Crippen molar-refractivity contribution in [1.29, 1.82) is 0 Å². The van der Waals surface area contributed by atoms with Gasteiger partial charge in [-0.15, -0.1) is 11.3 Å². The molecule has 1 saturated carbocycles. The first-order valence-electron chi connectivity index (χ1n) is 8.79. The number of ether oxygens (including phenoxy) is 2. The molecular weight excluding hydrogens is 310 g/mol. The predicted octanol–water partition coefficient (Wildman–Crippen LogP) is 3.19. The standard InChI is InChI=1S/C18H25NO3S/c20-17(15-3-1-10-23-15)19-8-6-16-18(12-19,7-2-9-22-16)13-21-11-14-4-5-14/h1,3,10,14,16H,2,4-9,11-13H2/t16-,18+/m1/s1. The molecule has 1 aliphatic carbocycles. The maximum Gasteiger partial charge on any atom is 0.263 e. The summed E-state index contributed by atoms with van der Waals surface area (Å²) in [6, 6.07) is 3.87. The molecule has 3 fully saturated rings. The monoisotopic (exact) mass is 335 g/mol. The van der Waals surface area contributed by atoms with Crippen LogP contribution in [0.1, 0.15) is 41.8 Å². The largest absolute Gasteiger partial charge is 0.380 e. The number of rotatable bonds is 5. The van der Waals surface area contributed by atoms with Gasteiger partial charge in [0.05, 0.1) is 17.6 Å². The normalized spacial score (nSPS) is 31.0. The first-order valence-corrected chi connectivity index (χ1v) is 9.67. The highest BCUT2D eigenvalue weighted by atomic mass is 32.1. The summed E-state index contributed by atoms with van der Waals surface area (Å²) in [7, 11) is 0. The second-order valence-corrected chi connectivity index (χ2v) is 8.22. The molecule has 2 saturated heterocycles. The fourth-order valence-corrected chi connectivity index (χ4v) is 4.63. The highest BCUT2D eigenvalue weighted by Crippen LogP contribution is 2.41. The van der Waals surface area contributed by atoms with E-state index < -0.39 is 0 Å². The Bertz CT molecular complexity index is 542. The number of hydrogen-bond donors (Lipinski definition) is 0. The summed E-state index contributed by atoms with van der Waals surface area (Å²) in [5, 5.41) is 1.97. The van der Waals surface area contributed by atoms with Gasteiger partial charge in [-0.2, -0.15) is 0 Å². The molecular formula is C18H25NO3S. The van der Waals surface area contributed by atoms with E-state index in [1.54, 1.807) is 0 Å². The fourth-order valence-electron chi connectivity index (χ4n) is 3.94. The fraction of sp³-hybridized carbons (Fsp3) is 0.722. The van der Waals surface area contributed by atoms with E-state index in [2.05, 4.69) is 0 Å². The van der Waals surface area contributed by atoms with Crippen molar-refractivity contribution in [1.82, 2.24) is 4.90 Å². The van der Waals surface area contributed by atoms with Crippen LogP contribution >= 0.6 is 11.3 Å². The van der Waals surface area contributed by atoms with Gasteiger partial charge < -0.3 is 14.4 Å². The SMILES string of the molecule is O=C(c1cccs1)N1CC[C@H]2OCCC[C@@]2(COCC2CC2)C1. The molecule has 3 heterocycles. The first-order chi connectivity index (χ1) is 11.3. The Kier molecular flexibility index (Phi) is 4.43. The van der Waals surface area contributed by atoms with Gasteiger partial charge in [-0.05, 0) is 49.5 Å². The van der Waals surface area contributed by atoms with Crippen molar-refractivity contribution in [3.05, 3.63) is 22.4 Å². The Morgan fingerprint density at radius 1 is 1.43 bits per heavy atom. The van der Waals surface area contributed by atoms with Crippen LogP contribution in [0.3, 0.4) is 0 Å². The second kappa shape index (κ2) is 6.54. The lowest BCUT2D eigenvalue weighted by atomic mass is 9.73. The molecule has 0 bridgehead atoms. The molecule has 0 radical (unpaired) electrons. The van der Waals surface area contributed by atoms with Crippen LogP contribution < -0.4 is 0 Å². The number of nitrogens with zero attached hydrogens (tertiary/aromatic N) is 1. The summed E-state index contributed by atoms with van der Waals surface area (Å²) in [6.07, 6.45) is 6.00. The maximum atomic E-state index is 12.7. The molecule has 1 aromatic rings. The van der Waals surface area contributed by atoms with Gasteiger partial charge in [-0.1, -0.05) is 6.07 Å². The molecule has 2 atom stereocenters. The van der Waals surface area contributed by atoms with Crippen molar-refractivity contribution in [3.63, 3.8) is 0 Å². The van der Waals surface area contributed by atoms with Crippen LogP contribution in [0.5, 0.6) is 0 Å². The molecule has 4 rings (SSSR count). The third kappa shape index (κ3) is 3.32. The molecule has 0 spiro atoms. The van der Waals surface area contributed by atoms with Crippen LogP contribution in [0.4, 0.5) is 0 Å². The van der Waals surface area contributed by atoms with Gasteiger partial charge in [0.15, 0.2) is 0 Å². The molecule has 0 N–H and O–H groups in total. The smallest absolute Gasteiger partial charge is 0.263 e. The van der Waals surface area contributed by atoms with Crippen LogP contribution in [-0.4, -0.2) is 49.8 Å². The average molecular weight is 335 g/mol. The Labute approximate surface area is 141 Å². The zero-order chi connectivity index (χ0) is 15.7. The number of thiophene rings is 1. The highest BCUT2D eigenvalue weighted by Gasteiger charge is 2.47. The Morgan fingerprint density at radius 2 is 2.35 bits per heavy atom. The summed E-state index contributed by atoms with van der Waals surface area (Å²) >= 11 is 1.53. The zero-order valence-electron chi connectivity index (χ0n) is 13.5. The summed E-state index contributed by atoms with van der Waals surface area (Å²) < 4.78 is 12.1. The number of piperidine rings is 1. The Hall–Kier alpha value is -0.910. The summed E-state index contributed by atoms with van der Waals surface area (Å²) in [6.45, 7) is 4.05. The molecule has 4 nitrogen and oxygen atoms in total. The van der Waals surface area contributed by atoms with Crippen molar-refractivity contribution in [2.45, 2.75) is 38.2 Å². The van der Waals surface area contributed by atoms with Crippen LogP contribution in [0.2, 0.25) is 0 Å². The van der Waals surface area contributed by atoms with E-state index in [4.69, 9.17) is 9.47 Å². The number of amides is 1. The number of hydrogen-bond acceptors (Lipinski definition) is 4. The topological polar surface area (TPSA) is 38.8 Å². The van der Waals surface area contributed by atoms with E-state index in [1.165, 1.54) is 24.2 Å². The lowest BCUT2D eigenvalue weighted by molar-refractivity contribution is -0.147. The molecule has 126 valence electrons. The predicted molar refractivity (Wildman–Crippen MR) is 89.8 cm³/mol. The van der Waals surface area contributed by atoms with Crippen LogP contribution in [0, 0.1) is 11.3 Å². The van der Waals surface area contributed by atoms with Gasteiger partial charge in [-0.25, -0.2) is 0 Å². The van der Waals surface area contributed by atoms with E-state index in [1.807, 2.05) is 22.4 Å². The van der Waals surface area contributed by atoms with Crippen molar-refractivity contribution < 1.29 is 14.3 Å². The molecule has 1 aromatic heterocycles. The van der Waals surface area contributed by atoms with Crippen LogP contribution in [0.25, 0.3) is 0 Å². The molecule has 3 aliphatic rings.